The molecule has 3 N–H and O–H groups in total. The van der Waals surface area contributed by atoms with Gasteiger partial charge in [0.2, 0.25) is 21.8 Å². The van der Waals surface area contributed by atoms with Crippen LogP contribution in [0.1, 0.15) is 17.3 Å². The van der Waals surface area contributed by atoms with E-state index in [1.807, 2.05) is 0 Å². The van der Waals surface area contributed by atoms with Crippen molar-refractivity contribution in [2.45, 2.75) is 13.0 Å². The molecular formula is C18H21N3O5S. The lowest BCUT2D eigenvalue weighted by molar-refractivity contribution is -0.116. The Morgan fingerprint density at radius 3 is 2.07 bits per heavy atom. The number of rotatable bonds is 7. The average Bonchev–Trinajstić information content (AvgIpc) is 2.61. The number of ether oxygens (including phenoxy) is 1. The molecule has 0 aliphatic rings. The van der Waals surface area contributed by atoms with Gasteiger partial charge in [-0.2, -0.15) is 0 Å². The molecule has 0 saturated heterocycles. The van der Waals surface area contributed by atoms with Crippen molar-refractivity contribution in [2.75, 3.05) is 23.0 Å². The summed E-state index contributed by atoms with van der Waals surface area (Å²) in [6.45, 7) is 1.48. The summed E-state index contributed by atoms with van der Waals surface area (Å²) in [4.78, 5) is 23.7. The second-order valence-electron chi connectivity index (χ2n) is 5.86. The highest BCUT2D eigenvalue weighted by atomic mass is 32.2. The van der Waals surface area contributed by atoms with Crippen LogP contribution in [0.2, 0.25) is 0 Å². The molecule has 0 aliphatic carbocycles. The molecule has 27 heavy (non-hydrogen) atoms. The maximum absolute atomic E-state index is 12.6. The van der Waals surface area contributed by atoms with Gasteiger partial charge in [-0.25, -0.2) is 8.42 Å². The molecule has 2 aromatic rings. The molecule has 0 saturated carbocycles. The van der Waals surface area contributed by atoms with E-state index in [0.29, 0.717) is 22.7 Å². The zero-order valence-corrected chi connectivity index (χ0v) is 16.0. The van der Waals surface area contributed by atoms with Crippen LogP contribution < -0.4 is 20.1 Å². The third kappa shape index (κ3) is 4.98. The van der Waals surface area contributed by atoms with Gasteiger partial charge in [-0.3, -0.25) is 13.9 Å². The Morgan fingerprint density at radius 1 is 1.07 bits per heavy atom. The van der Waals surface area contributed by atoms with Crippen molar-refractivity contribution in [3.8, 4) is 5.75 Å². The fourth-order valence-electron chi connectivity index (χ4n) is 2.50. The quantitative estimate of drug-likeness (QED) is 0.743. The molecule has 9 heteroatoms. The van der Waals surface area contributed by atoms with E-state index < -0.39 is 27.9 Å². The van der Waals surface area contributed by atoms with Crippen LogP contribution in [0.5, 0.6) is 5.75 Å². The molecule has 2 aromatic carbocycles. The number of anilines is 2. The van der Waals surface area contributed by atoms with Gasteiger partial charge in [0.25, 0.3) is 0 Å². The highest BCUT2D eigenvalue weighted by Gasteiger charge is 2.29. The number of hydrogen-bond donors (Lipinski definition) is 2. The van der Waals surface area contributed by atoms with E-state index in [0.717, 1.165) is 10.6 Å². The highest BCUT2D eigenvalue weighted by molar-refractivity contribution is 7.92. The lowest BCUT2D eigenvalue weighted by Gasteiger charge is -2.28. The lowest BCUT2D eigenvalue weighted by Crippen LogP contribution is -2.45. The van der Waals surface area contributed by atoms with Gasteiger partial charge in [0.05, 0.1) is 19.1 Å². The van der Waals surface area contributed by atoms with Crippen LogP contribution in [0.25, 0.3) is 0 Å². The Morgan fingerprint density at radius 2 is 1.63 bits per heavy atom. The topological polar surface area (TPSA) is 119 Å². The van der Waals surface area contributed by atoms with Crippen LogP contribution in [0.4, 0.5) is 11.4 Å². The fourth-order valence-corrected chi connectivity index (χ4v) is 3.68. The van der Waals surface area contributed by atoms with Crippen molar-refractivity contribution < 1.29 is 22.7 Å². The highest BCUT2D eigenvalue weighted by Crippen LogP contribution is 2.24. The minimum absolute atomic E-state index is 0.303. The molecule has 0 aliphatic heterocycles. The third-order valence-corrected chi connectivity index (χ3v) is 5.09. The number of sulfonamides is 1. The number of carbonyl (C=O) groups excluding carboxylic acids is 2. The maximum Gasteiger partial charge on any atom is 0.248 e. The molecule has 0 aromatic heterocycles. The van der Waals surface area contributed by atoms with Crippen molar-refractivity contribution in [3.63, 3.8) is 0 Å². The van der Waals surface area contributed by atoms with E-state index >= 15 is 0 Å². The molecule has 0 heterocycles. The molecule has 0 radical (unpaired) electrons. The smallest absolute Gasteiger partial charge is 0.248 e. The molecule has 0 fully saturated rings. The number of amides is 2. The van der Waals surface area contributed by atoms with E-state index in [4.69, 9.17) is 10.5 Å². The van der Waals surface area contributed by atoms with E-state index in [1.54, 1.807) is 24.3 Å². The first-order valence-electron chi connectivity index (χ1n) is 7.97. The van der Waals surface area contributed by atoms with Crippen molar-refractivity contribution >= 4 is 33.2 Å². The van der Waals surface area contributed by atoms with Gasteiger partial charge in [0.15, 0.2) is 0 Å². The van der Waals surface area contributed by atoms with Gasteiger partial charge in [0.1, 0.15) is 11.8 Å². The molecule has 144 valence electrons. The van der Waals surface area contributed by atoms with Crippen molar-refractivity contribution in [1.82, 2.24) is 0 Å². The van der Waals surface area contributed by atoms with Crippen molar-refractivity contribution in [2.24, 2.45) is 5.73 Å². The van der Waals surface area contributed by atoms with E-state index in [9.17, 15) is 18.0 Å². The summed E-state index contributed by atoms with van der Waals surface area (Å²) >= 11 is 0. The van der Waals surface area contributed by atoms with Crippen LogP contribution >= 0.6 is 0 Å². The number of nitrogens with zero attached hydrogens (tertiary/aromatic N) is 1. The first-order valence-corrected chi connectivity index (χ1v) is 9.82. The Hall–Kier alpha value is -3.07. The van der Waals surface area contributed by atoms with Crippen molar-refractivity contribution in [1.29, 1.82) is 0 Å². The Kier molecular flexibility index (Phi) is 6.06. The van der Waals surface area contributed by atoms with Crippen LogP contribution in [-0.2, 0) is 14.8 Å². The third-order valence-electron chi connectivity index (χ3n) is 3.85. The van der Waals surface area contributed by atoms with Gasteiger partial charge < -0.3 is 15.8 Å². The monoisotopic (exact) mass is 391 g/mol. The zero-order valence-electron chi connectivity index (χ0n) is 15.2. The largest absolute Gasteiger partial charge is 0.497 e. The average molecular weight is 391 g/mol. The van der Waals surface area contributed by atoms with E-state index in [2.05, 4.69) is 5.32 Å². The number of methoxy groups -OCH3 is 1. The molecule has 1 atom stereocenters. The first-order chi connectivity index (χ1) is 12.6. The molecule has 0 unspecified atom stereocenters. The van der Waals surface area contributed by atoms with E-state index in [-0.39, 0.29) is 0 Å². The SMILES string of the molecule is COc1ccc(N([C@H](C)C(=O)Nc2ccc(C(N)=O)cc2)S(C)(=O)=O)cc1. The normalized spacial score (nSPS) is 12.1. The zero-order chi connectivity index (χ0) is 20.2. The van der Waals surface area contributed by atoms with Crippen molar-refractivity contribution in [3.05, 3.63) is 54.1 Å². The number of benzene rings is 2. The molecule has 2 amide bonds. The summed E-state index contributed by atoms with van der Waals surface area (Å²) in [5.41, 5.74) is 6.23. The number of nitrogens with two attached hydrogens (primary N) is 1. The Bertz CT molecular complexity index is 924. The number of carbonyl (C=O) groups is 2. The number of hydrogen-bond acceptors (Lipinski definition) is 5. The molecule has 0 spiro atoms. The second kappa shape index (κ2) is 8.09. The Balaban J connectivity index is 2.24. The maximum atomic E-state index is 12.6. The molecule has 0 bridgehead atoms. The standard InChI is InChI=1S/C18H21N3O5S/c1-12(18(23)20-14-6-4-13(5-7-14)17(19)22)21(27(3,24)25)15-8-10-16(26-2)11-9-15/h4-12H,1-3H3,(H2,19,22)(H,20,23)/t12-/m1/s1. The summed E-state index contributed by atoms with van der Waals surface area (Å²) in [7, 11) is -2.22. The van der Waals surface area contributed by atoms with Gasteiger partial charge in [-0.15, -0.1) is 0 Å². The second-order valence-corrected chi connectivity index (χ2v) is 7.72. The minimum atomic E-state index is -3.72. The number of primary amides is 1. The molecule has 2 rings (SSSR count). The van der Waals surface area contributed by atoms with Crippen LogP contribution in [0.3, 0.4) is 0 Å². The van der Waals surface area contributed by atoms with Crippen LogP contribution in [0, 0.1) is 0 Å². The van der Waals surface area contributed by atoms with Gasteiger partial charge >= 0.3 is 0 Å². The van der Waals surface area contributed by atoms with Crippen LogP contribution in [0.15, 0.2) is 48.5 Å². The predicted octanol–water partition coefficient (Wildman–Crippen LogP) is 1.59. The van der Waals surface area contributed by atoms with Gasteiger partial charge in [-0.1, -0.05) is 0 Å². The van der Waals surface area contributed by atoms with E-state index in [1.165, 1.54) is 38.3 Å². The van der Waals surface area contributed by atoms with Crippen LogP contribution in [-0.4, -0.2) is 39.6 Å². The fraction of sp³-hybridized carbons (Fsp3) is 0.222. The summed E-state index contributed by atoms with van der Waals surface area (Å²) < 4.78 is 30.6. The number of nitrogens with one attached hydrogen (secondary N) is 1. The lowest BCUT2D eigenvalue weighted by atomic mass is 10.2. The first kappa shape index (κ1) is 20.2. The van der Waals surface area contributed by atoms with Gasteiger partial charge in [0, 0.05) is 11.3 Å². The van der Waals surface area contributed by atoms with Gasteiger partial charge in [-0.05, 0) is 55.5 Å². The molecular weight excluding hydrogens is 370 g/mol. The summed E-state index contributed by atoms with van der Waals surface area (Å²) in [5, 5.41) is 2.63. The predicted molar refractivity (Wildman–Crippen MR) is 103 cm³/mol. The summed E-state index contributed by atoms with van der Waals surface area (Å²) in [5.74, 6) is -0.536. The minimum Gasteiger partial charge on any atom is -0.497 e. The Labute approximate surface area is 158 Å². The summed E-state index contributed by atoms with van der Waals surface area (Å²) in [6.07, 6.45) is 1.03. The summed E-state index contributed by atoms with van der Waals surface area (Å²) in [6, 6.07) is 11.3. The molecule has 8 nitrogen and oxygen atoms in total.